The zero-order chi connectivity index (χ0) is 7.40. The predicted octanol–water partition coefficient (Wildman–Crippen LogP) is 0.924. The van der Waals surface area contributed by atoms with Crippen molar-refractivity contribution in [1.82, 2.24) is 0 Å². The number of benzene rings is 1. The van der Waals surface area contributed by atoms with Crippen LogP contribution in [0.15, 0.2) is 30.3 Å². The monoisotopic (exact) mass is 126 g/mol. The fraction of sp³-hybridized carbons (Fsp3) is 0.125. The van der Waals surface area contributed by atoms with Crippen LogP contribution in [0.2, 0.25) is 0 Å². The molecule has 0 fully saturated rings. The minimum absolute atomic E-state index is 0.214. The molecule has 0 N–H and O–H groups in total. The van der Waals surface area contributed by atoms with Crippen molar-refractivity contribution in [3.8, 4) is 0 Å². The summed E-state index contributed by atoms with van der Waals surface area (Å²) in [5, 5.41) is 0. The first-order valence-corrected chi connectivity index (χ1v) is 3.32. The van der Waals surface area contributed by atoms with E-state index < -0.39 is 0 Å². The average Bonchev–Trinajstić information content (AvgIpc) is 1.88. The van der Waals surface area contributed by atoms with Gasteiger partial charge in [0, 0.05) is 0 Å². The van der Waals surface area contributed by atoms with E-state index in [2.05, 4.69) is 0 Å². The number of rotatable bonds is 2. The Balaban J connectivity index is 2.67. The van der Waals surface area contributed by atoms with Crippen LogP contribution in [-0.4, -0.2) is 22.2 Å². The third kappa shape index (κ3) is 2.39. The Labute approximate surface area is 69.6 Å². The SMILES string of the molecule is [Li][C](=O)Cc1ccccc1. The Kier molecular flexibility index (Phi) is 2.74. The van der Waals surface area contributed by atoms with Crippen LogP contribution >= 0.6 is 0 Å². The molecule has 0 unspecified atom stereocenters. The van der Waals surface area contributed by atoms with Crippen molar-refractivity contribution >= 4 is 22.2 Å². The van der Waals surface area contributed by atoms with Crippen LogP contribution < -0.4 is 0 Å². The molecule has 0 heterocycles. The second-order valence-corrected chi connectivity index (χ2v) is 2.36. The van der Waals surface area contributed by atoms with Gasteiger partial charge in [-0.15, -0.1) is 0 Å². The molecule has 0 amide bonds. The van der Waals surface area contributed by atoms with E-state index in [1.165, 1.54) is 0 Å². The first-order valence-electron chi connectivity index (χ1n) is 3.32. The topological polar surface area (TPSA) is 17.1 Å². The second-order valence-electron chi connectivity index (χ2n) is 2.36. The number of hydrogen-bond acceptors (Lipinski definition) is 1. The Bertz CT molecular complexity index is 218. The molecule has 0 atom stereocenters. The van der Waals surface area contributed by atoms with Crippen molar-refractivity contribution < 1.29 is 4.79 Å². The van der Waals surface area contributed by atoms with Crippen molar-refractivity contribution in [1.29, 1.82) is 0 Å². The molecule has 0 aliphatic carbocycles. The van der Waals surface area contributed by atoms with Gasteiger partial charge in [-0.05, 0) is 0 Å². The summed E-state index contributed by atoms with van der Waals surface area (Å²) in [6, 6.07) is 9.75. The summed E-state index contributed by atoms with van der Waals surface area (Å²) in [5.74, 6) is 0. The molecular weight excluding hydrogens is 119 g/mol. The second kappa shape index (κ2) is 3.61. The molecule has 0 saturated carbocycles. The van der Waals surface area contributed by atoms with E-state index in [0.29, 0.717) is 6.42 Å². The third-order valence-corrected chi connectivity index (χ3v) is 1.30. The molecule has 0 bridgehead atoms. The van der Waals surface area contributed by atoms with Gasteiger partial charge in [-0.2, -0.15) is 0 Å². The van der Waals surface area contributed by atoms with Crippen molar-refractivity contribution in [2.45, 2.75) is 6.42 Å². The summed E-state index contributed by atoms with van der Waals surface area (Å²) in [5.41, 5.74) is 1.09. The maximum atomic E-state index is 10.6. The maximum absolute atomic E-state index is 10.6. The quantitative estimate of drug-likeness (QED) is 0.538. The standard InChI is InChI=1S/C8H7O.Li/c9-7-6-8-4-2-1-3-5-8;/h1-5H,6H2;. The van der Waals surface area contributed by atoms with E-state index in [9.17, 15) is 4.79 Å². The summed E-state index contributed by atoms with van der Waals surface area (Å²) in [7, 11) is 0. The number of carbonyl (C=O) groups excluding carboxylic acids is 1. The van der Waals surface area contributed by atoms with Crippen molar-refractivity contribution in [2.24, 2.45) is 0 Å². The van der Waals surface area contributed by atoms with Gasteiger partial charge < -0.3 is 0 Å². The summed E-state index contributed by atoms with van der Waals surface area (Å²) in [6.45, 7) is 0. The Morgan fingerprint density at radius 2 is 1.90 bits per heavy atom. The van der Waals surface area contributed by atoms with Gasteiger partial charge >= 0.3 is 69.3 Å². The number of carbonyl (C=O) groups is 1. The molecule has 1 nitrogen and oxygen atoms in total. The zero-order valence-electron chi connectivity index (χ0n) is 6.00. The van der Waals surface area contributed by atoms with E-state index in [-0.39, 0.29) is 4.46 Å². The molecule has 46 valence electrons. The van der Waals surface area contributed by atoms with Crippen molar-refractivity contribution in [2.75, 3.05) is 0 Å². The van der Waals surface area contributed by atoms with Crippen molar-refractivity contribution in [3.05, 3.63) is 35.9 Å². The van der Waals surface area contributed by atoms with Gasteiger partial charge in [0.2, 0.25) is 0 Å². The molecule has 2 heteroatoms. The van der Waals surface area contributed by atoms with E-state index >= 15 is 0 Å². The molecule has 10 heavy (non-hydrogen) atoms. The van der Waals surface area contributed by atoms with Crippen LogP contribution in [0.1, 0.15) is 5.56 Å². The molecule has 0 spiro atoms. The van der Waals surface area contributed by atoms with Crippen LogP contribution in [0.3, 0.4) is 0 Å². The van der Waals surface area contributed by atoms with Crippen LogP contribution in [0, 0.1) is 0 Å². The average molecular weight is 126 g/mol. The van der Waals surface area contributed by atoms with Crippen LogP contribution in [0.5, 0.6) is 0 Å². The van der Waals surface area contributed by atoms with Gasteiger partial charge in [0.05, 0.1) is 0 Å². The molecule has 1 rings (SSSR count). The summed E-state index contributed by atoms with van der Waals surface area (Å²) in [6.07, 6.45) is 0.556. The Morgan fingerprint density at radius 1 is 1.30 bits per heavy atom. The van der Waals surface area contributed by atoms with Crippen LogP contribution in [0.4, 0.5) is 0 Å². The van der Waals surface area contributed by atoms with E-state index in [1.807, 2.05) is 30.3 Å². The normalized spacial score (nSPS) is 9.40. The summed E-state index contributed by atoms with van der Waals surface area (Å²) in [4.78, 5) is 10.6. The minimum atomic E-state index is 0.214. The first kappa shape index (κ1) is 7.59. The molecule has 0 aliphatic heterocycles. The third-order valence-electron chi connectivity index (χ3n) is 1.30. The molecule has 0 aromatic heterocycles. The van der Waals surface area contributed by atoms with E-state index in [4.69, 9.17) is 0 Å². The summed E-state index contributed by atoms with van der Waals surface area (Å²) < 4.78 is 0.214. The van der Waals surface area contributed by atoms with Gasteiger partial charge in [0.1, 0.15) is 0 Å². The van der Waals surface area contributed by atoms with Gasteiger partial charge in [-0.25, -0.2) is 0 Å². The van der Waals surface area contributed by atoms with Gasteiger partial charge in [-0.3, -0.25) is 0 Å². The van der Waals surface area contributed by atoms with Gasteiger partial charge in [0.15, 0.2) is 0 Å². The number of hydrogen-bond donors (Lipinski definition) is 0. The predicted molar refractivity (Wildman–Crippen MR) is 40.9 cm³/mol. The van der Waals surface area contributed by atoms with E-state index in [0.717, 1.165) is 5.56 Å². The van der Waals surface area contributed by atoms with Gasteiger partial charge in [0.25, 0.3) is 0 Å². The van der Waals surface area contributed by atoms with Crippen LogP contribution in [-0.2, 0) is 11.2 Å². The Hall–Kier alpha value is -0.513. The molecule has 0 radical (unpaired) electrons. The van der Waals surface area contributed by atoms with E-state index in [1.54, 1.807) is 17.7 Å². The first-order chi connectivity index (χ1) is 4.79. The van der Waals surface area contributed by atoms with Gasteiger partial charge in [-0.1, -0.05) is 0 Å². The molecule has 0 saturated heterocycles. The fourth-order valence-electron chi connectivity index (χ4n) is 0.883. The molecular formula is C8H7LiO. The van der Waals surface area contributed by atoms with Crippen LogP contribution in [0.25, 0.3) is 0 Å². The molecule has 1 aromatic rings. The molecule has 0 aliphatic rings. The van der Waals surface area contributed by atoms with Crippen molar-refractivity contribution in [3.63, 3.8) is 0 Å². The summed E-state index contributed by atoms with van der Waals surface area (Å²) >= 11 is 1.60. The Morgan fingerprint density at radius 3 is 2.40 bits per heavy atom. The molecule has 1 aromatic carbocycles. The fourth-order valence-corrected chi connectivity index (χ4v) is 0.883. The zero-order valence-corrected chi connectivity index (χ0v) is 6.00.